The molecular weight excluding hydrogens is 285 g/mol. The largest absolute Gasteiger partial charge is 0.480 e. The third-order valence-electron chi connectivity index (χ3n) is 3.47. The maximum atomic E-state index is 13.4. The van der Waals surface area contributed by atoms with Crippen LogP contribution in [0.5, 0.6) is 0 Å². The molecule has 1 aliphatic rings. The Morgan fingerprint density at radius 3 is 2.70 bits per heavy atom. The third kappa shape index (κ3) is 3.10. The van der Waals surface area contributed by atoms with Gasteiger partial charge in [-0.05, 0) is 31.0 Å². The molecule has 0 bridgehead atoms. The minimum Gasteiger partial charge on any atom is -0.480 e. The molecule has 0 saturated carbocycles. The van der Waals surface area contributed by atoms with Gasteiger partial charge < -0.3 is 10.0 Å². The van der Waals surface area contributed by atoms with E-state index >= 15 is 0 Å². The molecule has 20 heavy (non-hydrogen) atoms. The monoisotopic (exact) mass is 299 g/mol. The summed E-state index contributed by atoms with van der Waals surface area (Å²) in [5, 5.41) is 9.18. The third-order valence-corrected chi connectivity index (χ3v) is 3.77. The summed E-state index contributed by atoms with van der Waals surface area (Å²) in [7, 11) is 0. The summed E-state index contributed by atoms with van der Waals surface area (Å²) in [6.45, 7) is 0.375. The molecule has 2 rings (SSSR count). The number of likely N-dealkylation sites (tertiary alicyclic amines) is 1. The summed E-state index contributed by atoms with van der Waals surface area (Å²) in [6.07, 6.45) is 2.85. The molecule has 1 unspecified atom stereocenters. The number of nitrogens with zero attached hydrogens (tertiary/aromatic N) is 1. The van der Waals surface area contributed by atoms with E-state index in [1.807, 2.05) is 0 Å². The van der Waals surface area contributed by atoms with Gasteiger partial charge in [-0.1, -0.05) is 24.4 Å². The van der Waals surface area contributed by atoms with Crippen LogP contribution in [-0.4, -0.2) is 34.5 Å². The lowest BCUT2D eigenvalue weighted by atomic mass is 10.1. The van der Waals surface area contributed by atoms with Gasteiger partial charge in [-0.15, -0.1) is 0 Å². The zero-order chi connectivity index (χ0) is 14.7. The van der Waals surface area contributed by atoms with Crippen molar-refractivity contribution in [1.82, 2.24) is 4.90 Å². The molecule has 1 aromatic rings. The van der Waals surface area contributed by atoms with Crippen LogP contribution in [0.3, 0.4) is 0 Å². The number of amides is 1. The summed E-state index contributed by atoms with van der Waals surface area (Å²) < 4.78 is 13.4. The number of rotatable bonds is 2. The number of benzene rings is 1. The van der Waals surface area contributed by atoms with Crippen molar-refractivity contribution in [1.29, 1.82) is 0 Å². The van der Waals surface area contributed by atoms with E-state index < -0.39 is 23.7 Å². The lowest BCUT2D eigenvalue weighted by Crippen LogP contribution is -2.44. The normalized spacial score (nSPS) is 19.5. The standard InChI is InChI=1S/C14H15ClFNO3/c15-10-6-5-9(8-11(10)16)13(18)17-7-3-1-2-4-12(17)14(19)20/h5-6,8,12H,1-4,7H2,(H,19,20). The van der Waals surface area contributed by atoms with E-state index in [4.69, 9.17) is 11.6 Å². The fourth-order valence-corrected chi connectivity index (χ4v) is 2.52. The average molecular weight is 300 g/mol. The van der Waals surface area contributed by atoms with Crippen LogP contribution in [0.2, 0.25) is 5.02 Å². The van der Waals surface area contributed by atoms with Crippen molar-refractivity contribution in [2.75, 3.05) is 6.54 Å². The summed E-state index contributed by atoms with van der Waals surface area (Å²) in [5.41, 5.74) is 0.125. The Bertz CT molecular complexity index is 535. The van der Waals surface area contributed by atoms with Crippen molar-refractivity contribution in [3.63, 3.8) is 0 Å². The number of carbonyl (C=O) groups is 2. The number of hydrogen-bond acceptors (Lipinski definition) is 2. The number of carbonyl (C=O) groups excluding carboxylic acids is 1. The number of aliphatic carboxylic acids is 1. The summed E-state index contributed by atoms with van der Waals surface area (Å²) >= 11 is 5.58. The smallest absolute Gasteiger partial charge is 0.326 e. The van der Waals surface area contributed by atoms with Crippen LogP contribution in [0, 0.1) is 5.82 Å². The van der Waals surface area contributed by atoms with E-state index in [2.05, 4.69) is 0 Å². The van der Waals surface area contributed by atoms with Crippen LogP contribution in [0.4, 0.5) is 4.39 Å². The topological polar surface area (TPSA) is 57.6 Å². The first-order valence-corrected chi connectivity index (χ1v) is 6.87. The van der Waals surface area contributed by atoms with Gasteiger partial charge in [0.2, 0.25) is 0 Å². The van der Waals surface area contributed by atoms with Crippen LogP contribution >= 0.6 is 11.6 Å². The molecule has 0 radical (unpaired) electrons. The molecule has 1 atom stereocenters. The Labute approximate surface area is 121 Å². The van der Waals surface area contributed by atoms with E-state index in [9.17, 15) is 19.1 Å². The van der Waals surface area contributed by atoms with Crippen molar-refractivity contribution in [3.8, 4) is 0 Å². The molecular formula is C14H15ClFNO3. The van der Waals surface area contributed by atoms with E-state index in [1.165, 1.54) is 17.0 Å². The Morgan fingerprint density at radius 2 is 2.05 bits per heavy atom. The number of halogens is 2. The Hall–Kier alpha value is -1.62. The maximum Gasteiger partial charge on any atom is 0.326 e. The molecule has 0 aliphatic carbocycles. The second kappa shape index (κ2) is 6.22. The quantitative estimate of drug-likeness (QED) is 0.913. The van der Waals surface area contributed by atoms with Gasteiger partial charge in [0, 0.05) is 12.1 Å². The van der Waals surface area contributed by atoms with Gasteiger partial charge in [0.15, 0.2) is 0 Å². The van der Waals surface area contributed by atoms with Gasteiger partial charge >= 0.3 is 5.97 Å². The van der Waals surface area contributed by atoms with Crippen molar-refractivity contribution >= 4 is 23.5 Å². The number of hydrogen-bond donors (Lipinski definition) is 1. The Kier molecular flexibility index (Phi) is 4.60. The summed E-state index contributed by atoms with van der Waals surface area (Å²) in [6, 6.07) is 2.92. The second-order valence-corrected chi connectivity index (χ2v) is 5.24. The van der Waals surface area contributed by atoms with Crippen LogP contribution < -0.4 is 0 Å². The lowest BCUT2D eigenvalue weighted by molar-refractivity contribution is -0.142. The summed E-state index contributed by atoms with van der Waals surface area (Å²) in [4.78, 5) is 25.0. The first kappa shape index (κ1) is 14.8. The maximum absolute atomic E-state index is 13.4. The molecule has 108 valence electrons. The lowest BCUT2D eigenvalue weighted by Gasteiger charge is -2.27. The van der Waals surface area contributed by atoms with Crippen LogP contribution in [0.25, 0.3) is 0 Å². The minimum atomic E-state index is -1.02. The fraction of sp³-hybridized carbons (Fsp3) is 0.429. The van der Waals surface area contributed by atoms with E-state index in [-0.39, 0.29) is 10.6 Å². The zero-order valence-corrected chi connectivity index (χ0v) is 11.6. The molecule has 1 saturated heterocycles. The highest BCUT2D eigenvalue weighted by Crippen LogP contribution is 2.22. The molecule has 1 fully saturated rings. The molecule has 6 heteroatoms. The highest BCUT2D eigenvalue weighted by molar-refractivity contribution is 6.30. The van der Waals surface area contributed by atoms with Crippen molar-refractivity contribution < 1.29 is 19.1 Å². The van der Waals surface area contributed by atoms with Crippen LogP contribution in [0.15, 0.2) is 18.2 Å². The molecule has 1 amide bonds. The predicted molar refractivity (Wildman–Crippen MR) is 72.3 cm³/mol. The van der Waals surface area contributed by atoms with Crippen molar-refractivity contribution in [3.05, 3.63) is 34.6 Å². The molecule has 1 heterocycles. The number of carboxylic acid groups (broad SMARTS) is 1. The second-order valence-electron chi connectivity index (χ2n) is 4.83. The van der Waals surface area contributed by atoms with Crippen molar-refractivity contribution in [2.45, 2.75) is 31.7 Å². The Balaban J connectivity index is 2.28. The highest BCUT2D eigenvalue weighted by atomic mass is 35.5. The molecule has 1 aromatic carbocycles. The fourth-order valence-electron chi connectivity index (χ4n) is 2.40. The predicted octanol–water partition coefficient (Wildman–Crippen LogP) is 2.95. The molecule has 0 aromatic heterocycles. The van der Waals surface area contributed by atoms with Gasteiger partial charge in [0.1, 0.15) is 11.9 Å². The van der Waals surface area contributed by atoms with Gasteiger partial charge in [-0.25, -0.2) is 9.18 Å². The molecule has 4 nitrogen and oxygen atoms in total. The van der Waals surface area contributed by atoms with Gasteiger partial charge in [0.25, 0.3) is 5.91 Å². The zero-order valence-electron chi connectivity index (χ0n) is 10.8. The molecule has 0 spiro atoms. The first-order chi connectivity index (χ1) is 9.50. The highest BCUT2D eigenvalue weighted by Gasteiger charge is 2.31. The molecule has 1 N–H and O–H groups in total. The Morgan fingerprint density at radius 1 is 1.30 bits per heavy atom. The summed E-state index contributed by atoms with van der Waals surface area (Å²) in [5.74, 6) is -2.16. The van der Waals surface area contributed by atoms with E-state index in [0.29, 0.717) is 13.0 Å². The number of carboxylic acids is 1. The average Bonchev–Trinajstić information content (AvgIpc) is 2.66. The SMILES string of the molecule is O=C(O)C1CCCCCN1C(=O)c1ccc(Cl)c(F)c1. The van der Waals surface area contributed by atoms with Gasteiger partial charge in [0.05, 0.1) is 5.02 Å². The molecule has 1 aliphatic heterocycles. The van der Waals surface area contributed by atoms with Crippen LogP contribution in [0.1, 0.15) is 36.0 Å². The minimum absolute atomic E-state index is 0.0628. The van der Waals surface area contributed by atoms with Gasteiger partial charge in [-0.3, -0.25) is 4.79 Å². The van der Waals surface area contributed by atoms with E-state index in [0.717, 1.165) is 25.3 Å². The van der Waals surface area contributed by atoms with E-state index in [1.54, 1.807) is 0 Å². The van der Waals surface area contributed by atoms with Crippen molar-refractivity contribution in [2.24, 2.45) is 0 Å². The first-order valence-electron chi connectivity index (χ1n) is 6.49. The van der Waals surface area contributed by atoms with Crippen LogP contribution in [-0.2, 0) is 4.79 Å². The van der Waals surface area contributed by atoms with Gasteiger partial charge in [-0.2, -0.15) is 0 Å².